The van der Waals surface area contributed by atoms with Gasteiger partial charge in [-0.2, -0.15) is 5.26 Å². The van der Waals surface area contributed by atoms with E-state index in [-0.39, 0.29) is 5.91 Å². The molecule has 0 unspecified atom stereocenters. The summed E-state index contributed by atoms with van der Waals surface area (Å²) in [6.45, 7) is 5.84. The van der Waals surface area contributed by atoms with Gasteiger partial charge in [0.15, 0.2) is 0 Å². The van der Waals surface area contributed by atoms with Gasteiger partial charge in [-0.25, -0.2) is 0 Å². The summed E-state index contributed by atoms with van der Waals surface area (Å²) in [5.74, 6) is -0.0833. The van der Waals surface area contributed by atoms with Gasteiger partial charge in [0.25, 0.3) is 0 Å². The highest BCUT2D eigenvalue weighted by Gasteiger charge is 2.34. The van der Waals surface area contributed by atoms with Crippen molar-refractivity contribution in [2.45, 2.75) is 26.2 Å². The zero-order valence-electron chi connectivity index (χ0n) is 14.0. The zero-order valence-corrected chi connectivity index (χ0v) is 14.0. The molecule has 2 aromatic carbocycles. The average Bonchev–Trinajstić information content (AvgIpc) is 2.91. The Hall–Kier alpha value is -3.06. The highest BCUT2D eigenvalue weighted by Crippen LogP contribution is 2.34. The molecule has 1 amide bonds. The van der Waals surface area contributed by atoms with Gasteiger partial charge in [-0.1, -0.05) is 18.2 Å². The highest BCUT2D eigenvalue weighted by atomic mass is 16.2. The van der Waals surface area contributed by atoms with Gasteiger partial charge in [0.2, 0.25) is 5.91 Å². The number of para-hydroxylation sites is 1. The van der Waals surface area contributed by atoms with Crippen LogP contribution in [0.25, 0.3) is 10.9 Å². The quantitative estimate of drug-likeness (QED) is 0.757. The molecule has 3 aromatic rings. The SMILES string of the molecule is Cc1[nH]c2ccccc2c1C(C)(C)C(=O)Nc1ccc(C#N)cc1. The van der Waals surface area contributed by atoms with Crippen molar-refractivity contribution in [3.05, 3.63) is 65.4 Å². The molecule has 0 radical (unpaired) electrons. The first kappa shape index (κ1) is 15.8. The van der Waals surface area contributed by atoms with Crippen molar-refractivity contribution < 1.29 is 4.79 Å². The Kier molecular flexibility index (Phi) is 3.86. The van der Waals surface area contributed by atoms with Gasteiger partial charge in [-0.3, -0.25) is 4.79 Å². The lowest BCUT2D eigenvalue weighted by Gasteiger charge is -2.24. The molecule has 1 heterocycles. The summed E-state index contributed by atoms with van der Waals surface area (Å²) in [6.07, 6.45) is 0. The number of rotatable bonds is 3. The van der Waals surface area contributed by atoms with Crippen molar-refractivity contribution in [1.29, 1.82) is 5.26 Å². The number of anilines is 1. The van der Waals surface area contributed by atoms with Gasteiger partial charge < -0.3 is 10.3 Å². The molecule has 0 saturated carbocycles. The third-order valence-corrected chi connectivity index (χ3v) is 4.36. The molecule has 0 aliphatic rings. The van der Waals surface area contributed by atoms with E-state index in [1.54, 1.807) is 24.3 Å². The van der Waals surface area contributed by atoms with Crippen LogP contribution < -0.4 is 5.32 Å². The van der Waals surface area contributed by atoms with Crippen LogP contribution in [0.15, 0.2) is 48.5 Å². The lowest BCUT2D eigenvalue weighted by molar-refractivity contribution is -0.120. The van der Waals surface area contributed by atoms with Crippen molar-refractivity contribution in [1.82, 2.24) is 4.98 Å². The van der Waals surface area contributed by atoms with Crippen LogP contribution in [0.4, 0.5) is 5.69 Å². The van der Waals surface area contributed by atoms with Crippen molar-refractivity contribution in [2.24, 2.45) is 0 Å². The van der Waals surface area contributed by atoms with Crippen LogP contribution in [0.5, 0.6) is 0 Å². The standard InChI is InChI=1S/C20H19N3O/c1-13-18(16-6-4-5-7-17(16)22-13)20(2,3)19(24)23-15-10-8-14(12-21)9-11-15/h4-11,22H,1-3H3,(H,23,24). The average molecular weight is 317 g/mol. The number of fused-ring (bicyclic) bond motifs is 1. The number of amides is 1. The van der Waals surface area contributed by atoms with E-state index in [0.717, 1.165) is 22.2 Å². The Bertz CT molecular complexity index is 943. The van der Waals surface area contributed by atoms with E-state index >= 15 is 0 Å². The fraction of sp³-hybridized carbons (Fsp3) is 0.200. The van der Waals surface area contributed by atoms with E-state index in [1.165, 1.54) is 0 Å². The number of aromatic nitrogens is 1. The van der Waals surface area contributed by atoms with Crippen LogP contribution in [-0.4, -0.2) is 10.9 Å². The van der Waals surface area contributed by atoms with Crippen LogP contribution in [0.3, 0.4) is 0 Å². The summed E-state index contributed by atoms with van der Waals surface area (Å²) in [4.78, 5) is 16.2. The predicted molar refractivity (Wildman–Crippen MR) is 95.8 cm³/mol. The number of carbonyl (C=O) groups excluding carboxylic acids is 1. The minimum Gasteiger partial charge on any atom is -0.358 e. The Balaban J connectivity index is 1.95. The molecule has 120 valence electrons. The van der Waals surface area contributed by atoms with Gasteiger partial charge >= 0.3 is 0 Å². The highest BCUT2D eigenvalue weighted by molar-refractivity contribution is 6.02. The Morgan fingerprint density at radius 1 is 1.12 bits per heavy atom. The number of hydrogen-bond donors (Lipinski definition) is 2. The zero-order chi connectivity index (χ0) is 17.3. The van der Waals surface area contributed by atoms with Gasteiger partial charge in [0, 0.05) is 22.3 Å². The summed E-state index contributed by atoms with van der Waals surface area (Å²) in [5, 5.41) is 12.9. The molecular weight excluding hydrogens is 298 g/mol. The smallest absolute Gasteiger partial charge is 0.234 e. The second-order valence-electron chi connectivity index (χ2n) is 6.44. The molecule has 2 N–H and O–H groups in total. The van der Waals surface area contributed by atoms with Crippen LogP contribution >= 0.6 is 0 Å². The number of benzene rings is 2. The molecule has 0 fully saturated rings. The molecule has 3 rings (SSSR count). The van der Waals surface area contributed by atoms with Gasteiger partial charge in [-0.15, -0.1) is 0 Å². The van der Waals surface area contributed by atoms with E-state index in [1.807, 2.05) is 45.0 Å². The van der Waals surface area contributed by atoms with Crippen LogP contribution in [0, 0.1) is 18.3 Å². The normalized spacial score (nSPS) is 11.2. The number of carbonyl (C=O) groups is 1. The van der Waals surface area contributed by atoms with Crippen molar-refractivity contribution in [2.75, 3.05) is 5.32 Å². The van der Waals surface area contributed by atoms with Crippen molar-refractivity contribution in [3.63, 3.8) is 0 Å². The van der Waals surface area contributed by atoms with Gasteiger partial charge in [0.05, 0.1) is 17.0 Å². The molecule has 0 bridgehead atoms. The Labute approximate surface area is 141 Å². The predicted octanol–water partition coefficient (Wildman–Crippen LogP) is 4.26. The molecular formula is C20H19N3O. The van der Waals surface area contributed by atoms with Gasteiger partial charge in [0.1, 0.15) is 0 Å². The first-order chi connectivity index (χ1) is 11.4. The van der Waals surface area contributed by atoms with Crippen LogP contribution in [0.2, 0.25) is 0 Å². The van der Waals surface area contributed by atoms with E-state index in [9.17, 15) is 4.79 Å². The molecule has 0 aliphatic carbocycles. The maximum atomic E-state index is 12.9. The van der Waals surface area contributed by atoms with Crippen molar-refractivity contribution >= 4 is 22.5 Å². The summed E-state index contributed by atoms with van der Waals surface area (Å²) in [6, 6.07) is 17.0. The maximum absolute atomic E-state index is 12.9. The maximum Gasteiger partial charge on any atom is 0.234 e. The van der Waals surface area contributed by atoms with Crippen molar-refractivity contribution in [3.8, 4) is 6.07 Å². The van der Waals surface area contributed by atoms with E-state index < -0.39 is 5.41 Å². The third kappa shape index (κ3) is 2.65. The van der Waals surface area contributed by atoms with Crippen LogP contribution in [0.1, 0.15) is 30.7 Å². The topological polar surface area (TPSA) is 68.7 Å². The molecule has 24 heavy (non-hydrogen) atoms. The molecule has 1 aromatic heterocycles. The fourth-order valence-electron chi connectivity index (χ4n) is 3.11. The minimum absolute atomic E-state index is 0.0833. The lowest BCUT2D eigenvalue weighted by atomic mass is 9.81. The number of nitrogens with one attached hydrogen (secondary N) is 2. The lowest BCUT2D eigenvalue weighted by Crippen LogP contribution is -2.35. The van der Waals surface area contributed by atoms with E-state index in [4.69, 9.17) is 5.26 Å². The van der Waals surface area contributed by atoms with E-state index in [0.29, 0.717) is 11.3 Å². The number of nitrogens with zero attached hydrogens (tertiary/aromatic N) is 1. The molecule has 0 aliphatic heterocycles. The molecule has 4 nitrogen and oxygen atoms in total. The fourth-order valence-corrected chi connectivity index (χ4v) is 3.11. The Morgan fingerprint density at radius 3 is 2.46 bits per heavy atom. The number of aryl methyl sites for hydroxylation is 1. The second-order valence-corrected chi connectivity index (χ2v) is 6.44. The molecule has 4 heteroatoms. The third-order valence-electron chi connectivity index (χ3n) is 4.36. The monoisotopic (exact) mass is 317 g/mol. The number of hydrogen-bond acceptors (Lipinski definition) is 2. The Morgan fingerprint density at radius 2 is 1.79 bits per heavy atom. The molecule has 0 spiro atoms. The summed E-state index contributed by atoms with van der Waals surface area (Å²) in [5.41, 5.74) is 3.59. The minimum atomic E-state index is -0.697. The largest absolute Gasteiger partial charge is 0.358 e. The first-order valence-corrected chi connectivity index (χ1v) is 7.83. The van der Waals surface area contributed by atoms with Crippen LogP contribution in [-0.2, 0) is 10.2 Å². The molecule has 0 saturated heterocycles. The number of aromatic amines is 1. The van der Waals surface area contributed by atoms with Gasteiger partial charge in [-0.05, 0) is 56.7 Å². The molecule has 0 atom stereocenters. The summed E-state index contributed by atoms with van der Waals surface area (Å²) in [7, 11) is 0. The second kappa shape index (κ2) is 5.86. The number of nitriles is 1. The first-order valence-electron chi connectivity index (χ1n) is 7.83. The number of H-pyrrole nitrogens is 1. The van der Waals surface area contributed by atoms with E-state index in [2.05, 4.69) is 16.4 Å². The summed E-state index contributed by atoms with van der Waals surface area (Å²) < 4.78 is 0. The summed E-state index contributed by atoms with van der Waals surface area (Å²) >= 11 is 0.